The van der Waals surface area contributed by atoms with Crippen LogP contribution in [-0.4, -0.2) is 29.0 Å². The van der Waals surface area contributed by atoms with E-state index in [1.54, 1.807) is 0 Å². The van der Waals surface area contributed by atoms with Crippen molar-refractivity contribution in [2.24, 2.45) is 7.05 Å². The molecule has 1 aliphatic rings. The molecular formula is C13H20N4O. The average Bonchev–Trinajstić information content (AvgIpc) is 2.93. The van der Waals surface area contributed by atoms with E-state index in [4.69, 9.17) is 4.74 Å². The molecular weight excluding hydrogens is 228 g/mol. The summed E-state index contributed by atoms with van der Waals surface area (Å²) >= 11 is 0. The van der Waals surface area contributed by atoms with Crippen LogP contribution in [0.1, 0.15) is 35.8 Å². The summed E-state index contributed by atoms with van der Waals surface area (Å²) in [4.78, 5) is 0. The molecule has 5 nitrogen and oxygen atoms in total. The Morgan fingerprint density at radius 2 is 2.39 bits per heavy atom. The molecule has 5 heteroatoms. The van der Waals surface area contributed by atoms with Crippen LogP contribution >= 0.6 is 0 Å². The minimum Gasteiger partial charge on any atom is -0.377 e. The van der Waals surface area contributed by atoms with E-state index >= 15 is 0 Å². The predicted octanol–water partition coefficient (Wildman–Crippen LogP) is 1.37. The molecule has 2 heterocycles. The molecule has 2 atom stereocenters. The maximum Gasteiger partial charge on any atom is 0.125 e. The molecule has 1 saturated heterocycles. The molecule has 0 spiro atoms. The first kappa shape index (κ1) is 13.1. The molecule has 98 valence electrons. The third kappa shape index (κ3) is 2.55. The number of nitrogens with one attached hydrogen (secondary N) is 1. The van der Waals surface area contributed by atoms with Crippen molar-refractivity contribution >= 4 is 0 Å². The Labute approximate surface area is 108 Å². The lowest BCUT2D eigenvalue weighted by Gasteiger charge is -2.15. The van der Waals surface area contributed by atoms with E-state index < -0.39 is 0 Å². The summed E-state index contributed by atoms with van der Waals surface area (Å²) in [5.41, 5.74) is 2.96. The van der Waals surface area contributed by atoms with Crippen LogP contribution < -0.4 is 5.32 Å². The first-order valence-electron chi connectivity index (χ1n) is 6.38. The van der Waals surface area contributed by atoms with Gasteiger partial charge in [-0.05, 0) is 26.7 Å². The van der Waals surface area contributed by atoms with E-state index in [9.17, 15) is 5.26 Å². The quantitative estimate of drug-likeness (QED) is 0.874. The average molecular weight is 248 g/mol. The standard InChI is InChI=1S/C13H20N4O/c1-9-13(10(2)17(3)16-9)12(7-14)15-8-11-5-4-6-18-11/h11-12,15H,4-6,8H2,1-3H3. The van der Waals surface area contributed by atoms with E-state index in [2.05, 4.69) is 16.5 Å². The second-order valence-electron chi connectivity index (χ2n) is 4.81. The smallest absolute Gasteiger partial charge is 0.125 e. The van der Waals surface area contributed by atoms with Crippen LogP contribution in [-0.2, 0) is 11.8 Å². The maximum absolute atomic E-state index is 9.32. The molecule has 1 fully saturated rings. The van der Waals surface area contributed by atoms with Crippen LogP contribution in [0.5, 0.6) is 0 Å². The van der Waals surface area contributed by atoms with Crippen LogP contribution in [0.4, 0.5) is 0 Å². The Kier molecular flexibility index (Phi) is 4.00. The fourth-order valence-electron chi connectivity index (χ4n) is 2.47. The van der Waals surface area contributed by atoms with Crippen molar-refractivity contribution < 1.29 is 4.74 Å². The van der Waals surface area contributed by atoms with Gasteiger partial charge in [-0.2, -0.15) is 10.4 Å². The Morgan fingerprint density at radius 1 is 1.61 bits per heavy atom. The molecule has 1 N–H and O–H groups in total. The molecule has 1 aromatic heterocycles. The molecule has 0 aromatic carbocycles. The summed E-state index contributed by atoms with van der Waals surface area (Å²) in [5.74, 6) is 0. The van der Waals surface area contributed by atoms with E-state index in [1.165, 1.54) is 0 Å². The Bertz CT molecular complexity index is 454. The van der Waals surface area contributed by atoms with Crippen molar-refractivity contribution in [3.8, 4) is 6.07 Å². The lowest BCUT2D eigenvalue weighted by molar-refractivity contribution is 0.109. The summed E-state index contributed by atoms with van der Waals surface area (Å²) in [6, 6.07) is 2.01. The van der Waals surface area contributed by atoms with Gasteiger partial charge in [0.05, 0.1) is 17.9 Å². The fraction of sp³-hybridized carbons (Fsp3) is 0.692. The highest BCUT2D eigenvalue weighted by Crippen LogP contribution is 2.21. The predicted molar refractivity (Wildman–Crippen MR) is 68.0 cm³/mol. The number of hydrogen-bond acceptors (Lipinski definition) is 4. The van der Waals surface area contributed by atoms with Crippen molar-refractivity contribution in [1.82, 2.24) is 15.1 Å². The maximum atomic E-state index is 9.32. The molecule has 18 heavy (non-hydrogen) atoms. The second kappa shape index (κ2) is 5.51. The number of ether oxygens (including phenoxy) is 1. The number of aryl methyl sites for hydroxylation is 2. The highest BCUT2D eigenvalue weighted by Gasteiger charge is 2.22. The highest BCUT2D eigenvalue weighted by molar-refractivity contribution is 5.32. The van der Waals surface area contributed by atoms with Crippen LogP contribution in [0.25, 0.3) is 0 Å². The first-order valence-corrected chi connectivity index (χ1v) is 6.38. The SMILES string of the molecule is Cc1nn(C)c(C)c1C(C#N)NCC1CCCO1. The lowest BCUT2D eigenvalue weighted by atomic mass is 10.1. The number of nitriles is 1. The van der Waals surface area contributed by atoms with Crippen LogP contribution in [0.2, 0.25) is 0 Å². The summed E-state index contributed by atoms with van der Waals surface area (Å²) in [5, 5.41) is 17.0. The molecule has 2 unspecified atom stereocenters. The summed E-state index contributed by atoms with van der Waals surface area (Å²) in [6.07, 6.45) is 2.45. The zero-order chi connectivity index (χ0) is 13.1. The Hall–Kier alpha value is -1.38. The van der Waals surface area contributed by atoms with Crippen molar-refractivity contribution in [3.63, 3.8) is 0 Å². The van der Waals surface area contributed by atoms with Gasteiger partial charge in [-0.1, -0.05) is 0 Å². The summed E-state index contributed by atoms with van der Waals surface area (Å²) in [7, 11) is 1.90. The van der Waals surface area contributed by atoms with E-state index in [0.717, 1.165) is 42.9 Å². The van der Waals surface area contributed by atoms with Gasteiger partial charge in [0, 0.05) is 31.5 Å². The highest BCUT2D eigenvalue weighted by atomic mass is 16.5. The number of rotatable bonds is 4. The van der Waals surface area contributed by atoms with Crippen molar-refractivity contribution in [1.29, 1.82) is 5.26 Å². The number of nitrogens with zero attached hydrogens (tertiary/aromatic N) is 3. The molecule has 0 saturated carbocycles. The minimum atomic E-state index is -0.303. The van der Waals surface area contributed by atoms with Crippen molar-refractivity contribution in [2.75, 3.05) is 13.2 Å². The zero-order valence-corrected chi connectivity index (χ0v) is 11.2. The largest absolute Gasteiger partial charge is 0.377 e. The molecule has 1 aliphatic heterocycles. The van der Waals surface area contributed by atoms with Gasteiger partial charge in [0.25, 0.3) is 0 Å². The van der Waals surface area contributed by atoms with Gasteiger partial charge in [0.2, 0.25) is 0 Å². The number of aromatic nitrogens is 2. The van der Waals surface area contributed by atoms with Crippen LogP contribution in [0, 0.1) is 25.2 Å². The van der Waals surface area contributed by atoms with Crippen molar-refractivity contribution in [2.45, 2.75) is 38.8 Å². The van der Waals surface area contributed by atoms with Crippen LogP contribution in [0.15, 0.2) is 0 Å². The van der Waals surface area contributed by atoms with Gasteiger partial charge in [-0.3, -0.25) is 10.00 Å². The Balaban J connectivity index is 2.06. The zero-order valence-electron chi connectivity index (χ0n) is 11.2. The monoisotopic (exact) mass is 248 g/mol. The third-order valence-electron chi connectivity index (χ3n) is 3.56. The number of hydrogen-bond donors (Lipinski definition) is 1. The lowest BCUT2D eigenvalue weighted by Crippen LogP contribution is -2.30. The van der Waals surface area contributed by atoms with Gasteiger partial charge in [-0.15, -0.1) is 0 Å². The van der Waals surface area contributed by atoms with E-state index in [1.807, 2.05) is 25.6 Å². The first-order chi connectivity index (χ1) is 8.63. The summed E-state index contributed by atoms with van der Waals surface area (Å²) in [6.45, 7) is 5.51. The molecule has 0 amide bonds. The van der Waals surface area contributed by atoms with Gasteiger partial charge >= 0.3 is 0 Å². The second-order valence-corrected chi connectivity index (χ2v) is 4.81. The topological polar surface area (TPSA) is 62.9 Å². The molecule has 0 aliphatic carbocycles. The van der Waals surface area contributed by atoms with Crippen molar-refractivity contribution in [3.05, 3.63) is 17.0 Å². The molecule has 0 bridgehead atoms. The minimum absolute atomic E-state index is 0.248. The van der Waals surface area contributed by atoms with Gasteiger partial charge < -0.3 is 4.74 Å². The van der Waals surface area contributed by atoms with E-state index in [0.29, 0.717) is 0 Å². The van der Waals surface area contributed by atoms with E-state index in [-0.39, 0.29) is 12.1 Å². The van der Waals surface area contributed by atoms with Crippen LogP contribution in [0.3, 0.4) is 0 Å². The normalized spacial score (nSPS) is 20.9. The Morgan fingerprint density at radius 3 is 2.89 bits per heavy atom. The van der Waals surface area contributed by atoms with Gasteiger partial charge in [-0.25, -0.2) is 0 Å². The molecule has 1 aromatic rings. The fourth-order valence-corrected chi connectivity index (χ4v) is 2.47. The molecule has 2 rings (SSSR count). The molecule has 0 radical (unpaired) electrons. The van der Waals surface area contributed by atoms with Gasteiger partial charge in [0.15, 0.2) is 0 Å². The third-order valence-corrected chi connectivity index (χ3v) is 3.56. The van der Waals surface area contributed by atoms with Gasteiger partial charge in [0.1, 0.15) is 6.04 Å². The summed E-state index contributed by atoms with van der Waals surface area (Å²) < 4.78 is 7.38.